The zero-order chi connectivity index (χ0) is 21.8. The normalized spacial score (nSPS) is 22.2. The summed E-state index contributed by atoms with van der Waals surface area (Å²) in [5, 5.41) is 7.12. The van der Waals surface area contributed by atoms with Crippen LogP contribution in [0.2, 0.25) is 0 Å². The van der Waals surface area contributed by atoms with Gasteiger partial charge in [-0.3, -0.25) is 14.6 Å². The maximum Gasteiger partial charge on any atom is 0.490 e. The number of halogens is 3. The first-order valence-corrected chi connectivity index (χ1v) is 9.24. The maximum absolute atomic E-state index is 12.7. The largest absolute Gasteiger partial charge is 0.490 e. The number of carboxylic acids is 1. The third-order valence-corrected chi connectivity index (χ3v) is 5.33. The van der Waals surface area contributed by atoms with Gasteiger partial charge in [-0.25, -0.2) is 4.79 Å². The summed E-state index contributed by atoms with van der Waals surface area (Å²) in [6.45, 7) is 3.34. The predicted octanol–water partition coefficient (Wildman–Crippen LogP) is 2.64. The van der Waals surface area contributed by atoms with Crippen LogP contribution in [0.5, 0.6) is 0 Å². The number of pyridine rings is 1. The van der Waals surface area contributed by atoms with E-state index in [2.05, 4.69) is 4.98 Å². The van der Waals surface area contributed by atoms with E-state index in [4.69, 9.17) is 9.90 Å². The van der Waals surface area contributed by atoms with Crippen LogP contribution in [-0.2, 0) is 9.59 Å². The number of carbonyl (C=O) groups excluding carboxylic acids is 2. The third kappa shape index (κ3) is 5.45. The molecule has 1 unspecified atom stereocenters. The second-order valence-corrected chi connectivity index (χ2v) is 7.41. The highest BCUT2D eigenvalue weighted by Crippen LogP contribution is 2.36. The average Bonchev–Trinajstić information content (AvgIpc) is 2.65. The van der Waals surface area contributed by atoms with Crippen molar-refractivity contribution in [1.29, 1.82) is 0 Å². The molecule has 2 fully saturated rings. The average molecular weight is 415 g/mol. The van der Waals surface area contributed by atoms with Gasteiger partial charge in [-0.2, -0.15) is 13.2 Å². The fourth-order valence-electron chi connectivity index (χ4n) is 3.79. The van der Waals surface area contributed by atoms with Gasteiger partial charge in [0.25, 0.3) is 5.91 Å². The van der Waals surface area contributed by atoms with E-state index in [1.807, 2.05) is 29.8 Å². The van der Waals surface area contributed by atoms with E-state index >= 15 is 0 Å². The summed E-state index contributed by atoms with van der Waals surface area (Å²) in [6.07, 6.45) is 2.79. The van der Waals surface area contributed by atoms with Gasteiger partial charge in [-0.05, 0) is 44.2 Å². The SMILES string of the molecule is Cc1cncc(C(=O)N2CCCC3(CCCC(=O)N3C)C2)c1.O=C(O)C(F)(F)F. The minimum absolute atomic E-state index is 0.0293. The second-order valence-electron chi connectivity index (χ2n) is 7.41. The van der Waals surface area contributed by atoms with Crippen molar-refractivity contribution in [3.63, 3.8) is 0 Å². The molecule has 29 heavy (non-hydrogen) atoms. The number of carbonyl (C=O) groups is 3. The number of rotatable bonds is 1. The van der Waals surface area contributed by atoms with Crippen molar-refractivity contribution in [3.05, 3.63) is 29.6 Å². The first kappa shape index (κ1) is 22.6. The van der Waals surface area contributed by atoms with Crippen LogP contribution in [0.4, 0.5) is 13.2 Å². The molecule has 0 bridgehead atoms. The van der Waals surface area contributed by atoms with Crippen molar-refractivity contribution in [3.8, 4) is 0 Å². The smallest absolute Gasteiger partial charge is 0.475 e. The van der Waals surface area contributed by atoms with Gasteiger partial charge in [0.15, 0.2) is 0 Å². The van der Waals surface area contributed by atoms with E-state index in [0.717, 1.165) is 37.8 Å². The predicted molar refractivity (Wildman–Crippen MR) is 97.2 cm³/mol. The molecule has 2 amide bonds. The molecule has 0 aliphatic carbocycles. The molecule has 0 radical (unpaired) electrons. The summed E-state index contributed by atoms with van der Waals surface area (Å²) < 4.78 is 31.7. The molecule has 1 aromatic rings. The Morgan fingerprint density at radius 2 is 1.83 bits per heavy atom. The van der Waals surface area contributed by atoms with E-state index in [1.165, 1.54) is 0 Å². The van der Waals surface area contributed by atoms with E-state index in [-0.39, 0.29) is 17.4 Å². The monoisotopic (exact) mass is 415 g/mol. The van der Waals surface area contributed by atoms with Gasteiger partial charge in [0.1, 0.15) is 0 Å². The summed E-state index contributed by atoms with van der Waals surface area (Å²) in [5.41, 5.74) is 1.46. The Balaban J connectivity index is 0.000000370. The van der Waals surface area contributed by atoms with Crippen molar-refractivity contribution in [2.75, 3.05) is 20.1 Å². The van der Waals surface area contributed by atoms with Crippen LogP contribution in [0.15, 0.2) is 18.5 Å². The van der Waals surface area contributed by atoms with Gasteiger partial charge in [-0.15, -0.1) is 0 Å². The van der Waals surface area contributed by atoms with Crippen LogP contribution >= 0.6 is 0 Å². The number of aromatic nitrogens is 1. The number of likely N-dealkylation sites (tertiary alicyclic amines) is 2. The molecule has 0 aromatic carbocycles. The van der Waals surface area contributed by atoms with Gasteiger partial charge in [0.2, 0.25) is 5.91 Å². The highest BCUT2D eigenvalue weighted by Gasteiger charge is 2.44. The molecule has 2 saturated heterocycles. The first-order valence-electron chi connectivity index (χ1n) is 9.24. The Labute approximate surface area is 166 Å². The fourth-order valence-corrected chi connectivity index (χ4v) is 3.79. The third-order valence-electron chi connectivity index (χ3n) is 5.33. The van der Waals surface area contributed by atoms with Crippen LogP contribution in [-0.4, -0.2) is 69.5 Å². The Hall–Kier alpha value is -2.65. The molecule has 7 nitrogen and oxygen atoms in total. The molecule has 2 aliphatic heterocycles. The second kappa shape index (κ2) is 8.79. The van der Waals surface area contributed by atoms with Crippen LogP contribution in [0.3, 0.4) is 0 Å². The van der Waals surface area contributed by atoms with Gasteiger partial charge in [0, 0.05) is 39.0 Å². The number of carboxylic acid groups (broad SMARTS) is 1. The minimum Gasteiger partial charge on any atom is -0.475 e. The van der Waals surface area contributed by atoms with E-state index in [9.17, 15) is 22.8 Å². The zero-order valence-corrected chi connectivity index (χ0v) is 16.3. The topological polar surface area (TPSA) is 90.8 Å². The number of aryl methyl sites for hydroxylation is 1. The number of hydrogen-bond donors (Lipinski definition) is 1. The molecular formula is C19H24F3N3O4. The summed E-state index contributed by atoms with van der Waals surface area (Å²) in [6, 6.07) is 1.88. The summed E-state index contributed by atoms with van der Waals surface area (Å²) in [5.74, 6) is -2.52. The summed E-state index contributed by atoms with van der Waals surface area (Å²) in [4.78, 5) is 41.6. The number of hydrogen-bond acceptors (Lipinski definition) is 4. The Kier molecular flexibility index (Phi) is 6.86. The lowest BCUT2D eigenvalue weighted by atomic mass is 9.80. The summed E-state index contributed by atoms with van der Waals surface area (Å²) in [7, 11) is 1.89. The fraction of sp³-hybridized carbons (Fsp3) is 0.579. The summed E-state index contributed by atoms with van der Waals surface area (Å²) >= 11 is 0. The molecule has 1 N–H and O–H groups in total. The Bertz CT molecular complexity index is 780. The first-order chi connectivity index (χ1) is 13.5. The van der Waals surface area contributed by atoms with Crippen molar-refractivity contribution in [2.45, 2.75) is 50.7 Å². The van der Waals surface area contributed by atoms with Crippen LogP contribution in [0.1, 0.15) is 48.0 Å². The van der Waals surface area contributed by atoms with E-state index in [0.29, 0.717) is 18.5 Å². The molecule has 160 valence electrons. The lowest BCUT2D eigenvalue weighted by Gasteiger charge is -2.50. The van der Waals surface area contributed by atoms with E-state index in [1.54, 1.807) is 12.4 Å². The molecule has 10 heteroatoms. The molecule has 3 rings (SSSR count). The van der Waals surface area contributed by atoms with Crippen LogP contribution in [0.25, 0.3) is 0 Å². The number of aliphatic carboxylic acids is 1. The van der Waals surface area contributed by atoms with Crippen molar-refractivity contribution < 1.29 is 32.7 Å². The number of nitrogens with zero attached hydrogens (tertiary/aromatic N) is 3. The molecule has 1 aromatic heterocycles. The van der Waals surface area contributed by atoms with Gasteiger partial charge >= 0.3 is 12.1 Å². The van der Waals surface area contributed by atoms with Crippen molar-refractivity contribution in [2.24, 2.45) is 0 Å². The van der Waals surface area contributed by atoms with Crippen LogP contribution < -0.4 is 0 Å². The molecule has 1 spiro atoms. The number of alkyl halides is 3. The standard InChI is InChI=1S/C17H23N3O2.C2HF3O2/c1-13-9-14(11-18-10-13)16(22)20-8-4-7-17(12-20)6-3-5-15(21)19(17)2;3-2(4,5)1(6)7/h9-11H,3-8,12H2,1-2H3;(H,6,7). The maximum atomic E-state index is 12.7. The highest BCUT2D eigenvalue weighted by atomic mass is 19.4. The van der Waals surface area contributed by atoms with Crippen LogP contribution in [0, 0.1) is 6.92 Å². The molecule has 0 saturated carbocycles. The van der Waals surface area contributed by atoms with Gasteiger partial charge in [0.05, 0.1) is 11.1 Å². The lowest BCUT2D eigenvalue weighted by molar-refractivity contribution is -0.192. The number of likely N-dealkylation sites (N-methyl/N-ethyl adjacent to an activating group) is 1. The molecular weight excluding hydrogens is 391 g/mol. The molecule has 2 aliphatic rings. The van der Waals surface area contributed by atoms with E-state index < -0.39 is 12.1 Å². The lowest BCUT2D eigenvalue weighted by Crippen LogP contribution is -2.61. The highest BCUT2D eigenvalue weighted by molar-refractivity contribution is 5.94. The Morgan fingerprint density at radius 1 is 1.21 bits per heavy atom. The van der Waals surface area contributed by atoms with Gasteiger partial charge < -0.3 is 14.9 Å². The van der Waals surface area contributed by atoms with Crippen molar-refractivity contribution >= 4 is 17.8 Å². The van der Waals surface area contributed by atoms with Gasteiger partial charge in [-0.1, -0.05) is 0 Å². The Morgan fingerprint density at radius 3 is 2.41 bits per heavy atom. The quantitative estimate of drug-likeness (QED) is 0.762. The molecule has 3 heterocycles. The number of amides is 2. The minimum atomic E-state index is -5.08. The zero-order valence-electron chi connectivity index (χ0n) is 16.3. The number of piperidine rings is 2. The van der Waals surface area contributed by atoms with Crippen molar-refractivity contribution in [1.82, 2.24) is 14.8 Å². The molecule has 1 atom stereocenters.